The monoisotopic (exact) mass is 480 g/mol. The predicted octanol–water partition coefficient (Wildman–Crippen LogP) is 4.43. The molecule has 1 atom stereocenters. The fourth-order valence-corrected chi connectivity index (χ4v) is 5.36. The van der Waals surface area contributed by atoms with Gasteiger partial charge in [0.25, 0.3) is 5.56 Å². The lowest BCUT2D eigenvalue weighted by molar-refractivity contribution is -0.115. The van der Waals surface area contributed by atoms with Crippen LogP contribution < -0.4 is 10.9 Å². The van der Waals surface area contributed by atoms with Crippen molar-refractivity contribution >= 4 is 23.4 Å². The second-order valence-corrected chi connectivity index (χ2v) is 10.1. The maximum absolute atomic E-state index is 13.1. The number of benzene rings is 1. The van der Waals surface area contributed by atoms with Gasteiger partial charge in [0.05, 0.1) is 16.6 Å². The second-order valence-electron chi connectivity index (χ2n) is 8.76. The van der Waals surface area contributed by atoms with Crippen LogP contribution >= 0.6 is 11.8 Å². The molecule has 2 aromatic heterocycles. The summed E-state index contributed by atoms with van der Waals surface area (Å²) >= 11 is 1.36. The smallest absolute Gasteiger partial charge is 0.295 e. The summed E-state index contributed by atoms with van der Waals surface area (Å²) in [7, 11) is 1.81. The number of hydrogen-bond acceptors (Lipinski definition) is 5. The molecule has 1 aromatic carbocycles. The largest absolute Gasteiger partial charge is 0.319 e. The summed E-state index contributed by atoms with van der Waals surface area (Å²) < 4.78 is 5.38. The summed E-state index contributed by atoms with van der Waals surface area (Å²) in [5.41, 5.74) is 1.47. The predicted molar refractivity (Wildman–Crippen MR) is 136 cm³/mol. The lowest BCUT2D eigenvalue weighted by Crippen LogP contribution is -2.27. The summed E-state index contributed by atoms with van der Waals surface area (Å²) in [4.78, 5) is 26.2. The third-order valence-electron chi connectivity index (χ3n) is 6.48. The van der Waals surface area contributed by atoms with E-state index in [1.54, 1.807) is 9.36 Å². The van der Waals surface area contributed by atoms with E-state index in [1.165, 1.54) is 31.0 Å². The summed E-state index contributed by atoms with van der Waals surface area (Å²) in [5, 5.41) is 12.0. The van der Waals surface area contributed by atoms with Crippen LogP contribution in [-0.2, 0) is 18.4 Å². The number of nitrogens with zero attached hydrogens (tertiary/aromatic N) is 5. The number of allylic oxidation sites excluding steroid dienone is 1. The fraction of sp³-hybridized carbons (Fsp3) is 0.440. The minimum absolute atomic E-state index is 0.247. The van der Waals surface area contributed by atoms with Crippen LogP contribution in [0, 0.1) is 6.92 Å². The van der Waals surface area contributed by atoms with Gasteiger partial charge in [0.15, 0.2) is 5.16 Å². The van der Waals surface area contributed by atoms with Crippen LogP contribution in [0.4, 0.5) is 5.69 Å². The first kappa shape index (κ1) is 24.1. The zero-order chi connectivity index (χ0) is 24.2. The molecule has 1 fully saturated rings. The molecule has 1 unspecified atom stereocenters. The van der Waals surface area contributed by atoms with Crippen molar-refractivity contribution < 1.29 is 4.79 Å². The molecular formula is C25H32N6O2S. The van der Waals surface area contributed by atoms with Gasteiger partial charge in [0, 0.05) is 19.5 Å². The number of aromatic nitrogens is 5. The Morgan fingerprint density at radius 1 is 1.24 bits per heavy atom. The van der Waals surface area contributed by atoms with Crippen LogP contribution in [0.1, 0.15) is 56.5 Å². The number of rotatable bonds is 8. The molecule has 4 rings (SSSR count). The Morgan fingerprint density at radius 3 is 2.62 bits per heavy atom. The van der Waals surface area contributed by atoms with Gasteiger partial charge in [0.2, 0.25) is 5.91 Å². The third-order valence-corrected chi connectivity index (χ3v) is 7.56. The van der Waals surface area contributed by atoms with Crippen molar-refractivity contribution in [3.8, 4) is 5.69 Å². The zero-order valence-electron chi connectivity index (χ0n) is 20.0. The van der Waals surface area contributed by atoms with Gasteiger partial charge in [-0.1, -0.05) is 55.3 Å². The van der Waals surface area contributed by atoms with E-state index in [9.17, 15) is 9.59 Å². The fourth-order valence-electron chi connectivity index (χ4n) is 4.50. The number of carbonyl (C=O) groups excluding carboxylic acids is 1. The number of nitrogens with one attached hydrogen (secondary N) is 1. The first-order valence-electron chi connectivity index (χ1n) is 11.8. The van der Waals surface area contributed by atoms with Gasteiger partial charge < -0.3 is 9.88 Å². The van der Waals surface area contributed by atoms with Gasteiger partial charge in [-0.15, -0.1) is 16.8 Å². The standard InChI is InChI=1S/C25H32N6O2S/c1-5-16-30-22(19-12-8-6-9-13-19)27-28-25(30)34-18(3)23(32)26-21-17(2)29(4)31(24(21)33)20-14-10-7-11-15-20/h5,7,10-11,14-15,18-19H,1,6,8-9,12-13,16H2,2-4H3,(H,26,32). The lowest BCUT2D eigenvalue weighted by Gasteiger charge is -2.21. The molecule has 3 aromatic rings. The van der Waals surface area contributed by atoms with E-state index in [1.807, 2.05) is 57.3 Å². The number of hydrogen-bond donors (Lipinski definition) is 1. The molecular weight excluding hydrogens is 448 g/mol. The molecule has 34 heavy (non-hydrogen) atoms. The maximum atomic E-state index is 13.1. The number of para-hydroxylation sites is 1. The quantitative estimate of drug-likeness (QED) is 0.381. The Hall–Kier alpha value is -3.07. The van der Waals surface area contributed by atoms with E-state index in [4.69, 9.17) is 0 Å². The molecule has 9 heteroatoms. The molecule has 1 saturated carbocycles. The lowest BCUT2D eigenvalue weighted by atomic mass is 9.89. The first-order chi connectivity index (χ1) is 16.4. The number of amides is 1. The molecule has 0 radical (unpaired) electrons. The van der Waals surface area contributed by atoms with Crippen molar-refractivity contribution in [3.05, 3.63) is 64.9 Å². The Labute approximate surface area is 204 Å². The molecule has 2 heterocycles. The minimum atomic E-state index is -0.462. The van der Waals surface area contributed by atoms with Crippen molar-refractivity contribution in [2.24, 2.45) is 7.05 Å². The molecule has 8 nitrogen and oxygen atoms in total. The molecule has 0 bridgehead atoms. The van der Waals surface area contributed by atoms with Crippen molar-refractivity contribution in [1.29, 1.82) is 0 Å². The van der Waals surface area contributed by atoms with Gasteiger partial charge in [-0.2, -0.15) is 0 Å². The Balaban J connectivity index is 1.53. The summed E-state index contributed by atoms with van der Waals surface area (Å²) in [5.74, 6) is 1.14. The normalized spacial score (nSPS) is 15.3. The highest BCUT2D eigenvalue weighted by molar-refractivity contribution is 8.00. The van der Waals surface area contributed by atoms with Crippen LogP contribution in [0.2, 0.25) is 0 Å². The maximum Gasteiger partial charge on any atom is 0.295 e. The van der Waals surface area contributed by atoms with Crippen LogP contribution in [0.5, 0.6) is 0 Å². The molecule has 1 aliphatic rings. The second kappa shape index (κ2) is 10.5. The molecule has 180 valence electrons. The molecule has 0 saturated heterocycles. The molecule has 1 amide bonds. The topological polar surface area (TPSA) is 86.7 Å². The minimum Gasteiger partial charge on any atom is -0.319 e. The van der Waals surface area contributed by atoms with Crippen LogP contribution in [0.3, 0.4) is 0 Å². The van der Waals surface area contributed by atoms with Crippen molar-refractivity contribution in [3.63, 3.8) is 0 Å². The van der Waals surface area contributed by atoms with Gasteiger partial charge in [-0.3, -0.25) is 14.3 Å². The average molecular weight is 481 g/mol. The highest BCUT2D eigenvalue weighted by atomic mass is 32.2. The Kier molecular flexibility index (Phi) is 7.41. The molecule has 0 aliphatic heterocycles. The van der Waals surface area contributed by atoms with E-state index in [0.717, 1.165) is 24.4 Å². The van der Waals surface area contributed by atoms with E-state index in [2.05, 4.69) is 26.7 Å². The zero-order valence-corrected chi connectivity index (χ0v) is 20.8. The van der Waals surface area contributed by atoms with Gasteiger partial charge in [0.1, 0.15) is 11.5 Å². The van der Waals surface area contributed by atoms with Crippen LogP contribution in [0.15, 0.2) is 52.9 Å². The van der Waals surface area contributed by atoms with E-state index in [0.29, 0.717) is 29.0 Å². The van der Waals surface area contributed by atoms with E-state index < -0.39 is 5.25 Å². The number of anilines is 1. The van der Waals surface area contributed by atoms with Gasteiger partial charge in [-0.25, -0.2) is 4.68 Å². The van der Waals surface area contributed by atoms with Crippen molar-refractivity contribution in [1.82, 2.24) is 24.1 Å². The highest BCUT2D eigenvalue weighted by Gasteiger charge is 2.26. The summed E-state index contributed by atoms with van der Waals surface area (Å²) in [6.45, 7) is 8.14. The highest BCUT2D eigenvalue weighted by Crippen LogP contribution is 2.34. The SMILES string of the molecule is C=CCn1c(SC(C)C(=O)Nc2c(C)n(C)n(-c3ccccc3)c2=O)nnc1C1CCCCC1. The van der Waals surface area contributed by atoms with Crippen molar-refractivity contribution in [2.45, 2.75) is 68.8 Å². The average Bonchev–Trinajstić information content (AvgIpc) is 3.33. The molecule has 1 aliphatic carbocycles. The molecule has 1 N–H and O–H groups in total. The van der Waals surface area contributed by atoms with Crippen molar-refractivity contribution in [2.75, 3.05) is 5.32 Å². The third kappa shape index (κ3) is 4.75. The molecule has 0 spiro atoms. The van der Waals surface area contributed by atoms with Crippen LogP contribution in [-0.4, -0.2) is 35.3 Å². The van der Waals surface area contributed by atoms with Gasteiger partial charge >= 0.3 is 0 Å². The van der Waals surface area contributed by atoms with Gasteiger partial charge in [-0.05, 0) is 38.8 Å². The Bertz CT molecular complexity index is 1220. The summed E-state index contributed by atoms with van der Waals surface area (Å²) in [6, 6.07) is 9.38. The summed E-state index contributed by atoms with van der Waals surface area (Å²) in [6.07, 6.45) is 7.78. The first-order valence-corrected chi connectivity index (χ1v) is 12.7. The number of thioether (sulfide) groups is 1. The van der Waals surface area contributed by atoms with E-state index >= 15 is 0 Å². The number of carbonyl (C=O) groups is 1. The van der Waals surface area contributed by atoms with Crippen LogP contribution in [0.25, 0.3) is 5.69 Å². The Morgan fingerprint density at radius 2 is 1.94 bits per heavy atom. The van der Waals surface area contributed by atoms with E-state index in [-0.39, 0.29) is 11.5 Å².